The Hall–Kier alpha value is -3.01. The molecule has 0 aliphatic heterocycles. The highest BCUT2D eigenvalue weighted by atomic mass is 16.7. The lowest BCUT2D eigenvalue weighted by atomic mass is 10.0. The summed E-state index contributed by atoms with van der Waals surface area (Å²) in [7, 11) is 5.98. The lowest BCUT2D eigenvalue weighted by Gasteiger charge is -2.25. The highest BCUT2D eigenvalue weighted by Crippen LogP contribution is 2.18. The van der Waals surface area contributed by atoms with Gasteiger partial charge >= 0.3 is 17.9 Å². The molecule has 85 heavy (non-hydrogen) atoms. The van der Waals surface area contributed by atoms with Gasteiger partial charge in [0.1, 0.15) is 13.2 Å². The number of hydrogen-bond acceptors (Lipinski definition) is 7. The summed E-state index contributed by atoms with van der Waals surface area (Å²) < 4.78 is 23.0. The molecule has 0 bridgehead atoms. The van der Waals surface area contributed by atoms with Crippen LogP contribution in [0.15, 0.2) is 60.8 Å². The summed E-state index contributed by atoms with van der Waals surface area (Å²) in [5, 5.41) is 9.74. The van der Waals surface area contributed by atoms with E-state index < -0.39 is 18.4 Å². The standard InChI is InChI=1S/C76H139NO8/c1-6-8-10-12-14-16-18-20-22-24-26-27-28-29-30-31-32-33-34-35-36-37-38-39-40-41-42-43-44-45-46-47-49-51-53-55-57-59-61-63-65-67-74(79)85-72(71-84-76(75(80)81)82-69-68-77(3,4)5)70-83-73(78)66-64-62-60-58-56-54-52-50-48-25-23-21-19-17-15-13-11-9-7-2/h15,17-18,20-21,23-24,26,28-29,72,76H,6-14,16,19,22,25,27,30-71H2,1-5H3/p+1/b17-15-,20-18-,23-21-,26-24-,29-28-. The normalized spacial score (nSPS) is 13.0. The summed E-state index contributed by atoms with van der Waals surface area (Å²) in [6.45, 7) is 4.88. The van der Waals surface area contributed by atoms with E-state index in [1.165, 1.54) is 263 Å². The van der Waals surface area contributed by atoms with Gasteiger partial charge in [-0.15, -0.1) is 0 Å². The van der Waals surface area contributed by atoms with Crippen molar-refractivity contribution in [2.45, 2.75) is 360 Å². The van der Waals surface area contributed by atoms with Crippen LogP contribution in [0.5, 0.6) is 0 Å². The van der Waals surface area contributed by atoms with E-state index in [1.807, 2.05) is 21.1 Å². The fraction of sp³-hybridized carbons (Fsp3) is 0.829. The van der Waals surface area contributed by atoms with Crippen LogP contribution in [0.25, 0.3) is 0 Å². The summed E-state index contributed by atoms with van der Waals surface area (Å²) in [6.07, 6.45) is 85.0. The predicted octanol–water partition coefficient (Wildman–Crippen LogP) is 22.7. The van der Waals surface area contributed by atoms with Crippen molar-refractivity contribution < 1.29 is 42.9 Å². The topological polar surface area (TPSA) is 108 Å². The number of rotatable bonds is 68. The molecule has 0 aromatic carbocycles. The van der Waals surface area contributed by atoms with E-state index in [9.17, 15) is 19.5 Å². The van der Waals surface area contributed by atoms with Gasteiger partial charge in [0.05, 0.1) is 34.4 Å². The fourth-order valence-electron chi connectivity index (χ4n) is 10.6. The molecule has 0 saturated carbocycles. The van der Waals surface area contributed by atoms with Crippen molar-refractivity contribution in [2.24, 2.45) is 0 Å². The number of carboxylic acids is 1. The van der Waals surface area contributed by atoms with Crippen molar-refractivity contribution in [3.63, 3.8) is 0 Å². The van der Waals surface area contributed by atoms with Crippen LogP contribution in [0.2, 0.25) is 0 Å². The number of likely N-dealkylation sites (N-methyl/N-ethyl adjacent to an activating group) is 1. The summed E-state index contributed by atoms with van der Waals surface area (Å²) in [5.74, 6) is -1.99. The molecule has 0 saturated heterocycles. The van der Waals surface area contributed by atoms with Gasteiger partial charge in [0.2, 0.25) is 0 Å². The van der Waals surface area contributed by atoms with Crippen molar-refractivity contribution in [3.8, 4) is 0 Å². The van der Waals surface area contributed by atoms with Crippen LogP contribution in [0, 0.1) is 0 Å². The smallest absolute Gasteiger partial charge is 0.361 e. The number of ether oxygens (including phenoxy) is 4. The summed E-state index contributed by atoms with van der Waals surface area (Å²) in [5.41, 5.74) is 0. The van der Waals surface area contributed by atoms with Gasteiger partial charge in [0.25, 0.3) is 6.29 Å². The number of allylic oxidation sites excluding steroid dienone is 10. The lowest BCUT2D eigenvalue weighted by Crippen LogP contribution is -2.40. The lowest BCUT2D eigenvalue weighted by molar-refractivity contribution is -0.870. The molecule has 496 valence electrons. The molecule has 0 amide bonds. The number of nitrogens with zero attached hydrogens (tertiary/aromatic N) is 1. The van der Waals surface area contributed by atoms with Crippen molar-refractivity contribution >= 4 is 17.9 Å². The van der Waals surface area contributed by atoms with E-state index in [0.29, 0.717) is 17.4 Å². The first-order chi connectivity index (χ1) is 41.6. The van der Waals surface area contributed by atoms with E-state index in [1.54, 1.807) is 0 Å². The maximum Gasteiger partial charge on any atom is 0.361 e. The number of hydrogen-bond donors (Lipinski definition) is 1. The molecule has 0 heterocycles. The van der Waals surface area contributed by atoms with Gasteiger partial charge in [0.15, 0.2) is 6.10 Å². The molecule has 0 radical (unpaired) electrons. The zero-order chi connectivity index (χ0) is 61.9. The molecule has 2 unspecified atom stereocenters. The monoisotopic (exact) mass is 1200 g/mol. The molecule has 1 N–H and O–H groups in total. The van der Waals surface area contributed by atoms with E-state index in [-0.39, 0.29) is 38.2 Å². The first-order valence-electron chi connectivity index (χ1n) is 36.5. The molecule has 0 aromatic heterocycles. The van der Waals surface area contributed by atoms with Crippen LogP contribution in [0.4, 0.5) is 0 Å². The van der Waals surface area contributed by atoms with Crippen LogP contribution >= 0.6 is 0 Å². The van der Waals surface area contributed by atoms with E-state index in [4.69, 9.17) is 18.9 Å². The van der Waals surface area contributed by atoms with Crippen molar-refractivity contribution in [2.75, 3.05) is 47.5 Å². The molecular formula is C76H140NO8+. The van der Waals surface area contributed by atoms with Gasteiger partial charge in [-0.25, -0.2) is 4.79 Å². The molecule has 0 aliphatic rings. The molecule has 9 nitrogen and oxygen atoms in total. The Bertz CT molecular complexity index is 1580. The second-order valence-corrected chi connectivity index (χ2v) is 25.9. The molecular weight excluding hydrogens is 1050 g/mol. The largest absolute Gasteiger partial charge is 0.477 e. The van der Waals surface area contributed by atoms with Gasteiger partial charge in [-0.1, -0.05) is 312 Å². The zero-order valence-electron chi connectivity index (χ0n) is 56.8. The van der Waals surface area contributed by atoms with Gasteiger partial charge in [-0.05, 0) is 83.5 Å². The second-order valence-electron chi connectivity index (χ2n) is 25.9. The zero-order valence-corrected chi connectivity index (χ0v) is 56.8. The first-order valence-corrected chi connectivity index (χ1v) is 36.5. The number of esters is 2. The Morgan fingerprint density at radius 3 is 0.965 bits per heavy atom. The molecule has 9 heteroatoms. The van der Waals surface area contributed by atoms with Gasteiger partial charge < -0.3 is 28.5 Å². The number of unbranched alkanes of at least 4 members (excludes halogenated alkanes) is 43. The highest BCUT2D eigenvalue weighted by Gasteiger charge is 2.25. The Morgan fingerprint density at radius 2 is 0.635 bits per heavy atom. The third-order valence-electron chi connectivity index (χ3n) is 16.2. The summed E-state index contributed by atoms with van der Waals surface area (Å²) in [6, 6.07) is 0. The molecule has 0 aromatic rings. The Labute approximate surface area is 526 Å². The predicted molar refractivity (Wildman–Crippen MR) is 364 cm³/mol. The van der Waals surface area contributed by atoms with E-state index in [0.717, 1.165) is 57.8 Å². The quantitative estimate of drug-likeness (QED) is 0.0211. The number of aliphatic carboxylic acids is 1. The number of carbonyl (C=O) groups is 3. The number of carboxylic acid groups (broad SMARTS) is 1. The van der Waals surface area contributed by atoms with Gasteiger partial charge in [-0.2, -0.15) is 0 Å². The molecule has 0 rings (SSSR count). The number of carbonyl (C=O) groups excluding carboxylic acids is 2. The summed E-state index contributed by atoms with van der Waals surface area (Å²) >= 11 is 0. The average molecular weight is 1200 g/mol. The van der Waals surface area contributed by atoms with Crippen molar-refractivity contribution in [1.29, 1.82) is 0 Å². The minimum Gasteiger partial charge on any atom is -0.477 e. The third-order valence-corrected chi connectivity index (χ3v) is 16.2. The third kappa shape index (κ3) is 68.3. The molecule has 0 fully saturated rings. The number of quaternary nitrogens is 1. The molecule has 0 aliphatic carbocycles. The summed E-state index contributed by atoms with van der Waals surface area (Å²) in [4.78, 5) is 37.6. The van der Waals surface area contributed by atoms with Crippen LogP contribution in [-0.2, 0) is 33.3 Å². The molecule has 0 spiro atoms. The van der Waals surface area contributed by atoms with Crippen molar-refractivity contribution in [1.82, 2.24) is 0 Å². The molecule has 2 atom stereocenters. The second kappa shape index (κ2) is 66.9. The Morgan fingerprint density at radius 1 is 0.353 bits per heavy atom. The average Bonchev–Trinajstić information content (AvgIpc) is 3.50. The Kier molecular flexibility index (Phi) is 64.6. The first kappa shape index (κ1) is 82.0. The highest BCUT2D eigenvalue weighted by molar-refractivity contribution is 5.71. The van der Waals surface area contributed by atoms with Crippen LogP contribution in [-0.4, -0.2) is 87.4 Å². The fourth-order valence-corrected chi connectivity index (χ4v) is 10.6. The minimum atomic E-state index is -1.51. The van der Waals surface area contributed by atoms with Crippen LogP contribution in [0.3, 0.4) is 0 Å². The maximum absolute atomic E-state index is 12.9. The minimum absolute atomic E-state index is 0.181. The Balaban J connectivity index is 3.95. The van der Waals surface area contributed by atoms with Crippen LogP contribution < -0.4 is 0 Å². The van der Waals surface area contributed by atoms with Crippen molar-refractivity contribution in [3.05, 3.63) is 60.8 Å². The van der Waals surface area contributed by atoms with E-state index >= 15 is 0 Å². The SMILES string of the molecule is CCCCC/C=C\C/C=C\CCCCCCCCCCCC(=O)OCC(COC(OCC[N+](C)(C)C)C(=O)O)OC(=O)CCCCCCCCCCCCCCCCCCCCCCCCCCCC/C=C\C/C=C\C/C=C\CCCCCCC. The maximum atomic E-state index is 12.9. The van der Waals surface area contributed by atoms with E-state index in [2.05, 4.69) is 74.6 Å². The van der Waals surface area contributed by atoms with Gasteiger partial charge in [-0.3, -0.25) is 9.59 Å². The van der Waals surface area contributed by atoms with Gasteiger partial charge in [0, 0.05) is 12.8 Å². The van der Waals surface area contributed by atoms with Crippen LogP contribution in [0.1, 0.15) is 348 Å².